The van der Waals surface area contributed by atoms with Gasteiger partial charge in [0.2, 0.25) is 17.7 Å². The summed E-state index contributed by atoms with van der Waals surface area (Å²) in [5, 5.41) is 33.0. The van der Waals surface area contributed by atoms with E-state index in [2.05, 4.69) is 16.0 Å². The van der Waals surface area contributed by atoms with E-state index in [-0.39, 0.29) is 0 Å². The number of carboxylic acids is 1. The van der Waals surface area contributed by atoms with E-state index >= 15 is 0 Å². The van der Waals surface area contributed by atoms with Gasteiger partial charge in [-0.2, -0.15) is 0 Å². The van der Waals surface area contributed by atoms with E-state index in [9.17, 15) is 19.2 Å². The lowest BCUT2D eigenvalue weighted by Gasteiger charge is -2.21. The second-order valence-electron chi connectivity index (χ2n) is 4.83. The first-order chi connectivity index (χ1) is 10.6. The molecule has 3 amide bonds. The van der Waals surface area contributed by atoms with Gasteiger partial charge >= 0.3 is 5.97 Å². The van der Waals surface area contributed by atoms with Crippen molar-refractivity contribution in [3.8, 4) is 0 Å². The molecule has 0 saturated carbocycles. The topological polar surface area (TPSA) is 191 Å². The fraction of sp³-hybridized carbons (Fsp3) is 0.667. The van der Waals surface area contributed by atoms with Gasteiger partial charge in [0.25, 0.3) is 0 Å². The minimum absolute atomic E-state index is 0.641. The quantitative estimate of drug-likeness (QED) is 0.221. The number of nitrogens with one attached hydrogen (secondary N) is 3. The predicted molar refractivity (Wildman–Crippen MR) is 76.9 cm³/mol. The van der Waals surface area contributed by atoms with Gasteiger partial charge < -0.3 is 37.0 Å². The van der Waals surface area contributed by atoms with Gasteiger partial charge in [-0.25, -0.2) is 0 Å². The number of aliphatic hydroxyl groups excluding tert-OH is 2. The molecule has 0 aliphatic rings. The van der Waals surface area contributed by atoms with E-state index in [4.69, 9.17) is 21.1 Å². The Morgan fingerprint density at radius 3 is 1.83 bits per heavy atom. The molecule has 11 nitrogen and oxygen atoms in total. The molecule has 0 heterocycles. The SMILES string of the molecule is CC(NC(=O)C(C)NC(=O)C(CO)NC(=O)C(N)CO)C(=O)O. The van der Waals surface area contributed by atoms with Gasteiger partial charge in [-0.15, -0.1) is 0 Å². The van der Waals surface area contributed by atoms with E-state index in [0.29, 0.717) is 0 Å². The Labute approximate surface area is 132 Å². The second-order valence-corrected chi connectivity index (χ2v) is 4.83. The van der Waals surface area contributed by atoms with E-state index in [1.54, 1.807) is 0 Å². The highest BCUT2D eigenvalue weighted by molar-refractivity contribution is 5.93. The highest BCUT2D eigenvalue weighted by Gasteiger charge is 2.26. The molecule has 0 aromatic rings. The fourth-order valence-corrected chi connectivity index (χ4v) is 1.34. The molecular weight excluding hydrogens is 312 g/mol. The molecule has 0 saturated heterocycles. The van der Waals surface area contributed by atoms with Gasteiger partial charge in [0.1, 0.15) is 24.2 Å². The summed E-state index contributed by atoms with van der Waals surface area (Å²) < 4.78 is 0. The van der Waals surface area contributed by atoms with Crippen LogP contribution in [0.2, 0.25) is 0 Å². The minimum Gasteiger partial charge on any atom is -0.480 e. The van der Waals surface area contributed by atoms with Crippen molar-refractivity contribution < 1.29 is 34.5 Å². The van der Waals surface area contributed by atoms with Crippen LogP contribution in [0, 0.1) is 0 Å². The number of rotatable bonds is 9. The number of hydrogen-bond acceptors (Lipinski definition) is 7. The average Bonchev–Trinajstić information content (AvgIpc) is 2.50. The molecular formula is C12H22N4O7. The standard InChI is InChI=1S/C12H22N4O7/c1-5(9(19)15-6(2)12(22)23)14-11(21)8(4-18)16-10(20)7(13)3-17/h5-8,17-18H,3-4,13H2,1-2H3,(H,14,21)(H,15,19)(H,16,20)(H,22,23). The molecule has 23 heavy (non-hydrogen) atoms. The van der Waals surface area contributed by atoms with Crippen LogP contribution in [-0.2, 0) is 19.2 Å². The first-order valence-corrected chi connectivity index (χ1v) is 6.75. The van der Waals surface area contributed by atoms with E-state index in [1.807, 2.05) is 0 Å². The molecule has 0 rings (SSSR count). The number of hydrogen-bond donors (Lipinski definition) is 7. The fourth-order valence-electron chi connectivity index (χ4n) is 1.34. The Morgan fingerprint density at radius 2 is 1.39 bits per heavy atom. The zero-order valence-electron chi connectivity index (χ0n) is 12.8. The van der Waals surface area contributed by atoms with E-state index in [1.165, 1.54) is 13.8 Å². The number of carboxylic acid groups (broad SMARTS) is 1. The lowest BCUT2D eigenvalue weighted by Crippen LogP contribution is -2.57. The zero-order valence-corrected chi connectivity index (χ0v) is 12.8. The van der Waals surface area contributed by atoms with Crippen molar-refractivity contribution in [2.45, 2.75) is 38.0 Å². The number of amides is 3. The highest BCUT2D eigenvalue weighted by atomic mass is 16.4. The van der Waals surface area contributed by atoms with Crippen molar-refractivity contribution in [3.63, 3.8) is 0 Å². The summed E-state index contributed by atoms with van der Waals surface area (Å²) in [6.45, 7) is 1.16. The number of aliphatic hydroxyl groups is 2. The lowest BCUT2D eigenvalue weighted by molar-refractivity contribution is -0.141. The lowest BCUT2D eigenvalue weighted by atomic mass is 10.2. The Kier molecular flexibility index (Phi) is 8.77. The second kappa shape index (κ2) is 9.71. The van der Waals surface area contributed by atoms with Crippen molar-refractivity contribution in [2.24, 2.45) is 5.73 Å². The monoisotopic (exact) mass is 334 g/mol. The van der Waals surface area contributed by atoms with E-state index in [0.717, 1.165) is 0 Å². The Hall–Kier alpha value is -2.24. The first-order valence-electron chi connectivity index (χ1n) is 6.75. The highest BCUT2D eigenvalue weighted by Crippen LogP contribution is 1.91. The summed E-state index contributed by atoms with van der Waals surface area (Å²) in [5.74, 6) is -3.70. The van der Waals surface area contributed by atoms with Crippen LogP contribution in [0.5, 0.6) is 0 Å². The maximum absolute atomic E-state index is 11.9. The van der Waals surface area contributed by atoms with Crippen LogP contribution in [-0.4, -0.2) is 76.4 Å². The Balaban J connectivity index is 4.60. The number of carbonyl (C=O) groups excluding carboxylic acids is 3. The van der Waals surface area contributed by atoms with Crippen LogP contribution in [0.4, 0.5) is 0 Å². The van der Waals surface area contributed by atoms with Crippen molar-refractivity contribution in [2.75, 3.05) is 13.2 Å². The summed E-state index contributed by atoms with van der Waals surface area (Å²) in [6.07, 6.45) is 0. The summed E-state index contributed by atoms with van der Waals surface area (Å²) in [6, 6.07) is -4.86. The molecule has 0 aliphatic heterocycles. The van der Waals surface area contributed by atoms with Crippen LogP contribution in [0.15, 0.2) is 0 Å². The number of nitrogens with two attached hydrogens (primary N) is 1. The molecule has 0 spiro atoms. The summed E-state index contributed by atoms with van der Waals surface area (Å²) in [5.41, 5.74) is 5.26. The van der Waals surface area contributed by atoms with Crippen molar-refractivity contribution in [1.82, 2.24) is 16.0 Å². The summed E-state index contributed by atoms with van der Waals surface area (Å²) in [4.78, 5) is 45.6. The van der Waals surface area contributed by atoms with Crippen LogP contribution < -0.4 is 21.7 Å². The molecule has 4 atom stereocenters. The first kappa shape index (κ1) is 20.8. The third kappa shape index (κ3) is 7.04. The molecule has 0 aliphatic carbocycles. The third-order valence-electron chi connectivity index (χ3n) is 2.83. The predicted octanol–water partition coefficient (Wildman–Crippen LogP) is -4.12. The molecule has 0 aromatic heterocycles. The van der Waals surface area contributed by atoms with Crippen molar-refractivity contribution in [3.05, 3.63) is 0 Å². The maximum atomic E-state index is 11.9. The number of carbonyl (C=O) groups is 4. The van der Waals surface area contributed by atoms with Crippen molar-refractivity contribution in [1.29, 1.82) is 0 Å². The smallest absolute Gasteiger partial charge is 0.325 e. The van der Waals surface area contributed by atoms with Gasteiger partial charge in [-0.05, 0) is 13.8 Å². The van der Waals surface area contributed by atoms with Gasteiger partial charge in [0, 0.05) is 0 Å². The molecule has 0 aromatic carbocycles. The zero-order chi connectivity index (χ0) is 18.2. The van der Waals surface area contributed by atoms with Crippen LogP contribution >= 0.6 is 0 Å². The molecule has 0 fully saturated rings. The Morgan fingerprint density at radius 1 is 0.870 bits per heavy atom. The van der Waals surface area contributed by atoms with Gasteiger partial charge in [0.15, 0.2) is 0 Å². The summed E-state index contributed by atoms with van der Waals surface area (Å²) in [7, 11) is 0. The molecule has 4 unspecified atom stereocenters. The maximum Gasteiger partial charge on any atom is 0.325 e. The molecule has 0 radical (unpaired) electrons. The molecule has 132 valence electrons. The molecule has 11 heteroatoms. The summed E-state index contributed by atoms with van der Waals surface area (Å²) >= 11 is 0. The van der Waals surface area contributed by atoms with Crippen LogP contribution in [0.25, 0.3) is 0 Å². The molecule has 8 N–H and O–H groups in total. The number of aliphatic carboxylic acids is 1. The normalized spacial score (nSPS) is 15.7. The Bertz CT molecular complexity index is 457. The third-order valence-corrected chi connectivity index (χ3v) is 2.83. The van der Waals surface area contributed by atoms with Gasteiger partial charge in [0.05, 0.1) is 13.2 Å². The van der Waals surface area contributed by atoms with Crippen molar-refractivity contribution >= 4 is 23.7 Å². The van der Waals surface area contributed by atoms with E-state index < -0.39 is 61.1 Å². The largest absolute Gasteiger partial charge is 0.480 e. The van der Waals surface area contributed by atoms with Gasteiger partial charge in [-0.3, -0.25) is 19.2 Å². The van der Waals surface area contributed by atoms with Gasteiger partial charge in [-0.1, -0.05) is 0 Å². The van der Waals surface area contributed by atoms with Crippen LogP contribution in [0.3, 0.4) is 0 Å². The minimum atomic E-state index is -1.37. The van der Waals surface area contributed by atoms with Crippen LogP contribution in [0.1, 0.15) is 13.8 Å². The average molecular weight is 334 g/mol. The molecule has 0 bridgehead atoms.